The minimum absolute atomic E-state index is 0.0202. The fourth-order valence-corrected chi connectivity index (χ4v) is 4.30. The topological polar surface area (TPSA) is 72.2 Å². The number of hydrogen-bond acceptors (Lipinski definition) is 3. The molecule has 2 aromatic rings. The van der Waals surface area contributed by atoms with E-state index in [1.807, 2.05) is 18.2 Å². The first-order valence-corrected chi connectivity index (χ1v) is 9.42. The van der Waals surface area contributed by atoms with Crippen LogP contribution in [0, 0.1) is 0 Å². The molecule has 0 saturated carbocycles. The molecule has 0 bridgehead atoms. The summed E-state index contributed by atoms with van der Waals surface area (Å²) < 4.78 is 27.1. The van der Waals surface area contributed by atoms with Crippen molar-refractivity contribution in [3.05, 3.63) is 58.1 Å². The molecule has 23 heavy (non-hydrogen) atoms. The Labute approximate surface area is 146 Å². The molecule has 0 aliphatic rings. The maximum atomic E-state index is 12.3. The fraction of sp³-hybridized carbons (Fsp3) is 0.250. The van der Waals surface area contributed by atoms with Crippen LogP contribution in [0.3, 0.4) is 0 Å². The van der Waals surface area contributed by atoms with Gasteiger partial charge in [-0.3, -0.25) is 0 Å². The number of nitrogens with two attached hydrogens (primary N) is 1. The number of hydrogen-bond donors (Lipinski definition) is 2. The molecule has 0 aromatic heterocycles. The van der Waals surface area contributed by atoms with Crippen LogP contribution in [0.15, 0.2) is 47.4 Å². The maximum absolute atomic E-state index is 12.3. The predicted octanol–water partition coefficient (Wildman–Crippen LogP) is 3.88. The van der Waals surface area contributed by atoms with Crippen LogP contribution in [-0.2, 0) is 16.4 Å². The van der Waals surface area contributed by atoms with Crippen molar-refractivity contribution in [1.29, 1.82) is 0 Å². The van der Waals surface area contributed by atoms with Gasteiger partial charge in [0.05, 0.1) is 10.7 Å². The molecule has 0 aliphatic heterocycles. The third-order valence-corrected chi connectivity index (χ3v) is 5.54. The second kappa shape index (κ2) is 8.02. The highest BCUT2D eigenvalue weighted by atomic mass is 35.5. The van der Waals surface area contributed by atoms with E-state index in [2.05, 4.69) is 16.9 Å². The highest BCUT2D eigenvalue weighted by Gasteiger charge is 2.21. The number of benzene rings is 2. The van der Waals surface area contributed by atoms with Gasteiger partial charge in [0.15, 0.2) is 0 Å². The molecule has 0 unspecified atom stereocenters. The van der Waals surface area contributed by atoms with Crippen molar-refractivity contribution >= 4 is 38.9 Å². The van der Waals surface area contributed by atoms with Gasteiger partial charge >= 0.3 is 0 Å². The van der Waals surface area contributed by atoms with Crippen LogP contribution in [0.4, 0.5) is 5.69 Å². The van der Waals surface area contributed by atoms with Gasteiger partial charge in [0, 0.05) is 11.6 Å². The van der Waals surface area contributed by atoms with Gasteiger partial charge in [0.25, 0.3) is 0 Å². The van der Waals surface area contributed by atoms with Crippen molar-refractivity contribution < 1.29 is 8.42 Å². The highest BCUT2D eigenvalue weighted by Crippen LogP contribution is 2.30. The van der Waals surface area contributed by atoms with Crippen molar-refractivity contribution in [1.82, 2.24) is 4.72 Å². The van der Waals surface area contributed by atoms with Gasteiger partial charge in [-0.15, -0.1) is 0 Å². The standard InChI is InChI=1S/C16H18Cl2N2O2S/c17-13-10-14(18)16(15(19)11-13)23(21,22)20-9-5-4-8-12-6-2-1-3-7-12/h1-3,6-7,10-11,20H,4-5,8-9,19H2. The van der Waals surface area contributed by atoms with Crippen molar-refractivity contribution in [3.63, 3.8) is 0 Å². The Balaban J connectivity index is 1.90. The first-order valence-electron chi connectivity index (χ1n) is 7.18. The second-order valence-electron chi connectivity index (χ2n) is 5.15. The van der Waals surface area contributed by atoms with Crippen molar-refractivity contribution in [2.45, 2.75) is 24.2 Å². The predicted molar refractivity (Wildman–Crippen MR) is 95.4 cm³/mol. The van der Waals surface area contributed by atoms with Crippen LogP contribution in [0.5, 0.6) is 0 Å². The van der Waals surface area contributed by atoms with E-state index in [0.717, 1.165) is 19.3 Å². The Bertz CT molecular complexity index is 742. The van der Waals surface area contributed by atoms with Crippen LogP contribution in [0.2, 0.25) is 10.0 Å². The third-order valence-electron chi connectivity index (χ3n) is 3.33. The number of nitrogens with one attached hydrogen (secondary N) is 1. The molecule has 124 valence electrons. The highest BCUT2D eigenvalue weighted by molar-refractivity contribution is 7.89. The van der Waals surface area contributed by atoms with Gasteiger partial charge in [-0.25, -0.2) is 13.1 Å². The summed E-state index contributed by atoms with van der Waals surface area (Å²) in [5.41, 5.74) is 7.00. The molecule has 0 atom stereocenters. The number of anilines is 1. The molecule has 2 rings (SSSR count). The van der Waals surface area contributed by atoms with E-state index in [4.69, 9.17) is 28.9 Å². The number of halogens is 2. The quantitative estimate of drug-likeness (QED) is 0.572. The van der Waals surface area contributed by atoms with Crippen LogP contribution in [0.1, 0.15) is 18.4 Å². The lowest BCUT2D eigenvalue weighted by Gasteiger charge is -2.11. The molecule has 2 aromatic carbocycles. The number of nitrogen functional groups attached to an aromatic ring is 1. The normalized spacial score (nSPS) is 11.6. The van der Waals surface area contributed by atoms with Gasteiger partial charge in [-0.05, 0) is 37.0 Å². The summed E-state index contributed by atoms with van der Waals surface area (Å²) in [6.07, 6.45) is 2.52. The molecular formula is C16H18Cl2N2O2S. The maximum Gasteiger partial charge on any atom is 0.244 e. The molecule has 0 fully saturated rings. The van der Waals surface area contributed by atoms with Crippen molar-refractivity contribution in [2.24, 2.45) is 0 Å². The lowest BCUT2D eigenvalue weighted by atomic mass is 10.1. The van der Waals surface area contributed by atoms with E-state index in [0.29, 0.717) is 11.6 Å². The minimum atomic E-state index is -3.75. The zero-order valence-corrected chi connectivity index (χ0v) is 14.8. The Morgan fingerprint density at radius 1 is 1.04 bits per heavy atom. The Kier molecular flexibility index (Phi) is 6.30. The Hall–Kier alpha value is -1.27. The van der Waals surface area contributed by atoms with Crippen LogP contribution in [0.25, 0.3) is 0 Å². The summed E-state index contributed by atoms with van der Waals surface area (Å²) in [6, 6.07) is 12.8. The van der Waals surface area contributed by atoms with E-state index in [-0.39, 0.29) is 15.6 Å². The molecule has 7 heteroatoms. The van der Waals surface area contributed by atoms with Crippen molar-refractivity contribution in [3.8, 4) is 0 Å². The molecule has 0 heterocycles. The van der Waals surface area contributed by atoms with Crippen molar-refractivity contribution in [2.75, 3.05) is 12.3 Å². The van der Waals surface area contributed by atoms with E-state index < -0.39 is 10.0 Å². The molecule has 0 radical (unpaired) electrons. The number of aryl methyl sites for hydroxylation is 1. The van der Waals surface area contributed by atoms with Crippen LogP contribution in [-0.4, -0.2) is 15.0 Å². The Morgan fingerprint density at radius 3 is 2.39 bits per heavy atom. The zero-order valence-electron chi connectivity index (χ0n) is 12.4. The lowest BCUT2D eigenvalue weighted by Crippen LogP contribution is -2.26. The SMILES string of the molecule is Nc1cc(Cl)cc(Cl)c1S(=O)(=O)NCCCCc1ccccc1. The lowest BCUT2D eigenvalue weighted by molar-refractivity contribution is 0.577. The average Bonchev–Trinajstić information content (AvgIpc) is 2.46. The summed E-state index contributed by atoms with van der Waals surface area (Å²) in [4.78, 5) is -0.119. The van der Waals surface area contributed by atoms with Crippen LogP contribution < -0.4 is 10.5 Å². The fourth-order valence-electron chi connectivity index (χ4n) is 2.24. The largest absolute Gasteiger partial charge is 0.398 e. The summed E-state index contributed by atoms with van der Waals surface area (Å²) >= 11 is 11.8. The average molecular weight is 373 g/mol. The smallest absolute Gasteiger partial charge is 0.244 e. The van der Waals surface area contributed by atoms with Gasteiger partial charge in [-0.2, -0.15) is 0 Å². The van der Waals surface area contributed by atoms with Gasteiger partial charge < -0.3 is 5.73 Å². The van der Waals surface area contributed by atoms with Gasteiger partial charge in [-0.1, -0.05) is 53.5 Å². The zero-order chi connectivity index (χ0) is 16.9. The minimum Gasteiger partial charge on any atom is -0.398 e. The molecular weight excluding hydrogens is 355 g/mol. The Morgan fingerprint density at radius 2 is 1.74 bits per heavy atom. The summed E-state index contributed by atoms with van der Waals surface area (Å²) in [5, 5.41) is 0.320. The summed E-state index contributed by atoms with van der Waals surface area (Å²) in [6.45, 7) is 0.327. The van der Waals surface area contributed by atoms with Gasteiger partial charge in [0.1, 0.15) is 4.90 Å². The molecule has 0 aliphatic carbocycles. The first kappa shape index (κ1) is 18.1. The van der Waals surface area contributed by atoms with Crippen LogP contribution >= 0.6 is 23.2 Å². The molecule has 0 amide bonds. The molecule has 3 N–H and O–H groups in total. The monoisotopic (exact) mass is 372 g/mol. The van der Waals surface area contributed by atoms with E-state index >= 15 is 0 Å². The second-order valence-corrected chi connectivity index (χ2v) is 7.69. The van der Waals surface area contributed by atoms with E-state index in [9.17, 15) is 8.42 Å². The third kappa shape index (κ3) is 5.11. The molecule has 0 spiro atoms. The molecule has 4 nitrogen and oxygen atoms in total. The summed E-state index contributed by atoms with van der Waals surface area (Å²) in [7, 11) is -3.75. The number of unbranched alkanes of at least 4 members (excludes halogenated alkanes) is 1. The first-order chi connectivity index (χ1) is 10.9. The van der Waals surface area contributed by atoms with Gasteiger partial charge in [0.2, 0.25) is 10.0 Å². The van der Waals surface area contributed by atoms with E-state index in [1.54, 1.807) is 0 Å². The number of rotatable bonds is 7. The van der Waals surface area contributed by atoms with E-state index in [1.165, 1.54) is 17.7 Å². The summed E-state index contributed by atoms with van der Waals surface area (Å²) in [5.74, 6) is 0. The number of sulfonamides is 1. The molecule has 0 saturated heterocycles.